The molecule has 1 aliphatic heterocycles. The van der Waals surface area contributed by atoms with Gasteiger partial charge >= 0.3 is 0 Å². The van der Waals surface area contributed by atoms with Crippen molar-refractivity contribution in [3.05, 3.63) is 41.7 Å². The summed E-state index contributed by atoms with van der Waals surface area (Å²) in [7, 11) is -3.44. The van der Waals surface area contributed by atoms with Crippen molar-refractivity contribution in [3.63, 3.8) is 0 Å². The van der Waals surface area contributed by atoms with E-state index in [1.807, 2.05) is 0 Å². The first-order valence-corrected chi connectivity index (χ1v) is 7.50. The average molecular weight is 283 g/mol. The lowest BCUT2D eigenvalue weighted by Crippen LogP contribution is -2.31. The zero-order valence-electron chi connectivity index (χ0n) is 10.5. The molecule has 0 N–H and O–H groups in total. The van der Waals surface area contributed by atoms with E-state index in [2.05, 4.69) is 0 Å². The highest BCUT2D eigenvalue weighted by atomic mass is 32.2. The Kier molecular flexibility index (Phi) is 3.71. The van der Waals surface area contributed by atoms with Gasteiger partial charge in [0.1, 0.15) is 5.82 Å². The number of amides is 1. The fraction of sp³-hybridized carbons (Fsp3) is 0.308. The number of carbonyl (C=O) groups is 1. The van der Waals surface area contributed by atoms with Gasteiger partial charge in [-0.05, 0) is 36.6 Å². The molecule has 2 rings (SSSR count). The Morgan fingerprint density at radius 2 is 1.95 bits per heavy atom. The Labute approximate surface area is 111 Å². The molecule has 1 amide bonds. The molecule has 4 nitrogen and oxygen atoms in total. The van der Waals surface area contributed by atoms with E-state index < -0.39 is 15.9 Å². The molecule has 1 heterocycles. The number of sulfonamides is 1. The van der Waals surface area contributed by atoms with Crippen LogP contribution in [-0.4, -0.2) is 30.9 Å². The van der Waals surface area contributed by atoms with E-state index in [9.17, 15) is 17.6 Å². The molecular weight excluding hydrogens is 269 g/mol. The quantitative estimate of drug-likeness (QED) is 0.778. The maximum absolute atomic E-state index is 12.8. The number of hydrogen-bond acceptors (Lipinski definition) is 3. The zero-order valence-corrected chi connectivity index (χ0v) is 11.3. The van der Waals surface area contributed by atoms with Crippen LogP contribution in [0.1, 0.15) is 18.9 Å². The van der Waals surface area contributed by atoms with Gasteiger partial charge in [0.05, 0.1) is 5.75 Å². The van der Waals surface area contributed by atoms with Gasteiger partial charge < -0.3 is 0 Å². The van der Waals surface area contributed by atoms with E-state index in [0.29, 0.717) is 17.6 Å². The Morgan fingerprint density at radius 3 is 2.47 bits per heavy atom. The Hall–Kier alpha value is -1.69. The fourth-order valence-corrected chi connectivity index (χ4v) is 3.39. The molecule has 1 aliphatic rings. The zero-order chi connectivity index (χ0) is 14.0. The SMILES string of the molecule is C/C(=C\C(=O)N1CCCS1(=O)=O)c1ccc(F)cc1. The van der Waals surface area contributed by atoms with E-state index in [1.165, 1.54) is 18.2 Å². The van der Waals surface area contributed by atoms with E-state index in [4.69, 9.17) is 0 Å². The Bertz CT molecular complexity index is 620. The van der Waals surface area contributed by atoms with Crippen LogP contribution in [-0.2, 0) is 14.8 Å². The van der Waals surface area contributed by atoms with Gasteiger partial charge in [-0.2, -0.15) is 0 Å². The largest absolute Gasteiger partial charge is 0.269 e. The molecule has 0 spiro atoms. The summed E-state index contributed by atoms with van der Waals surface area (Å²) in [6.45, 7) is 1.92. The van der Waals surface area contributed by atoms with Crippen molar-refractivity contribution in [2.45, 2.75) is 13.3 Å². The predicted octanol–water partition coefficient (Wildman–Crippen LogP) is 1.79. The first-order valence-electron chi connectivity index (χ1n) is 5.89. The summed E-state index contributed by atoms with van der Waals surface area (Å²) in [6.07, 6.45) is 1.74. The minimum atomic E-state index is -3.44. The summed E-state index contributed by atoms with van der Waals surface area (Å²) in [5, 5.41) is 0. The van der Waals surface area contributed by atoms with Crippen molar-refractivity contribution in [2.75, 3.05) is 12.3 Å². The lowest BCUT2D eigenvalue weighted by atomic mass is 10.1. The second-order valence-corrected chi connectivity index (χ2v) is 6.43. The first kappa shape index (κ1) is 13.7. The summed E-state index contributed by atoms with van der Waals surface area (Å²) in [4.78, 5) is 11.9. The molecule has 0 unspecified atom stereocenters. The molecule has 0 aliphatic carbocycles. The summed E-state index contributed by atoms with van der Waals surface area (Å²) in [5.74, 6) is -0.883. The van der Waals surface area contributed by atoms with Crippen LogP contribution in [0.2, 0.25) is 0 Å². The lowest BCUT2D eigenvalue weighted by molar-refractivity contribution is -0.121. The van der Waals surface area contributed by atoms with Gasteiger partial charge in [0.15, 0.2) is 0 Å². The second-order valence-electron chi connectivity index (χ2n) is 4.41. The van der Waals surface area contributed by atoms with E-state index in [0.717, 1.165) is 4.31 Å². The molecule has 0 radical (unpaired) electrons. The molecule has 0 bridgehead atoms. The number of benzene rings is 1. The van der Waals surface area contributed by atoms with Gasteiger partial charge in [0.2, 0.25) is 10.0 Å². The van der Waals surface area contributed by atoms with Crippen molar-refractivity contribution in [1.82, 2.24) is 4.31 Å². The predicted molar refractivity (Wildman–Crippen MR) is 70.2 cm³/mol. The van der Waals surface area contributed by atoms with Crippen molar-refractivity contribution in [3.8, 4) is 0 Å². The number of carbonyl (C=O) groups excluding carboxylic acids is 1. The molecule has 6 heteroatoms. The topological polar surface area (TPSA) is 54.5 Å². The van der Waals surface area contributed by atoms with Crippen molar-refractivity contribution >= 4 is 21.5 Å². The number of rotatable bonds is 2. The van der Waals surface area contributed by atoms with Gasteiger partial charge in [0.25, 0.3) is 5.91 Å². The molecule has 0 atom stereocenters. The van der Waals surface area contributed by atoms with Crippen LogP contribution in [0.3, 0.4) is 0 Å². The summed E-state index contributed by atoms with van der Waals surface area (Å²) < 4.78 is 36.9. The van der Waals surface area contributed by atoms with E-state index >= 15 is 0 Å². The van der Waals surface area contributed by atoms with E-state index in [-0.39, 0.29) is 18.1 Å². The third kappa shape index (κ3) is 3.01. The minimum absolute atomic E-state index is 0.0160. The summed E-state index contributed by atoms with van der Waals surface area (Å²) in [5.41, 5.74) is 1.29. The third-order valence-corrected chi connectivity index (χ3v) is 4.82. The molecule has 19 heavy (non-hydrogen) atoms. The molecule has 1 saturated heterocycles. The smallest absolute Gasteiger partial charge is 0.260 e. The minimum Gasteiger partial charge on any atom is -0.269 e. The molecule has 102 valence electrons. The Morgan fingerprint density at radius 1 is 1.32 bits per heavy atom. The molecule has 1 fully saturated rings. The van der Waals surface area contributed by atoms with Gasteiger partial charge in [-0.25, -0.2) is 17.1 Å². The standard InChI is InChI=1S/C13H14FNO3S/c1-10(11-3-5-12(14)6-4-11)9-13(16)15-7-2-8-19(15,17)18/h3-6,9H,2,7-8H2,1H3/b10-9+. The monoisotopic (exact) mass is 283 g/mol. The third-order valence-electron chi connectivity index (χ3n) is 2.98. The summed E-state index contributed by atoms with van der Waals surface area (Å²) >= 11 is 0. The molecule has 0 aromatic heterocycles. The maximum Gasteiger partial charge on any atom is 0.260 e. The van der Waals surface area contributed by atoms with Crippen LogP contribution in [0.4, 0.5) is 4.39 Å². The molecule has 1 aromatic rings. The fourth-order valence-electron chi connectivity index (χ4n) is 1.94. The summed E-state index contributed by atoms with van der Waals surface area (Å²) in [6, 6.07) is 5.69. The van der Waals surface area contributed by atoms with Crippen molar-refractivity contribution in [1.29, 1.82) is 0 Å². The number of hydrogen-bond donors (Lipinski definition) is 0. The number of allylic oxidation sites excluding steroid dienone is 1. The van der Waals surface area contributed by atoms with Gasteiger partial charge in [-0.15, -0.1) is 0 Å². The lowest BCUT2D eigenvalue weighted by Gasteiger charge is -2.12. The normalized spacial score (nSPS) is 18.6. The molecule has 0 saturated carbocycles. The van der Waals surface area contributed by atoms with E-state index in [1.54, 1.807) is 19.1 Å². The number of halogens is 1. The van der Waals surface area contributed by atoms with Crippen LogP contribution >= 0.6 is 0 Å². The highest BCUT2D eigenvalue weighted by Gasteiger charge is 2.31. The molecule has 1 aromatic carbocycles. The van der Waals surface area contributed by atoms with Crippen LogP contribution in [0.5, 0.6) is 0 Å². The highest BCUT2D eigenvalue weighted by molar-refractivity contribution is 7.89. The maximum atomic E-state index is 12.8. The van der Waals surface area contributed by atoms with Crippen molar-refractivity contribution in [2.24, 2.45) is 0 Å². The van der Waals surface area contributed by atoms with Crippen molar-refractivity contribution < 1.29 is 17.6 Å². The molecular formula is C13H14FNO3S. The first-order chi connectivity index (χ1) is 8.90. The van der Waals surface area contributed by atoms with Crippen LogP contribution in [0.15, 0.2) is 30.3 Å². The highest BCUT2D eigenvalue weighted by Crippen LogP contribution is 2.18. The number of nitrogens with zero attached hydrogens (tertiary/aromatic N) is 1. The van der Waals surface area contributed by atoms with Gasteiger partial charge in [0, 0.05) is 12.6 Å². The van der Waals surface area contributed by atoms with Crippen LogP contribution in [0.25, 0.3) is 5.57 Å². The Balaban J connectivity index is 2.21. The van der Waals surface area contributed by atoms with Gasteiger partial charge in [-0.3, -0.25) is 4.79 Å². The second kappa shape index (κ2) is 5.13. The average Bonchev–Trinajstić information content (AvgIpc) is 2.69. The van der Waals surface area contributed by atoms with Crippen LogP contribution in [0, 0.1) is 5.82 Å². The van der Waals surface area contributed by atoms with Crippen LogP contribution < -0.4 is 0 Å². The van der Waals surface area contributed by atoms with Gasteiger partial charge in [-0.1, -0.05) is 12.1 Å².